The predicted molar refractivity (Wildman–Crippen MR) is 120 cm³/mol. The topological polar surface area (TPSA) is 92.8 Å². The summed E-state index contributed by atoms with van der Waals surface area (Å²) in [5, 5.41) is 3.18. The Morgan fingerprint density at radius 2 is 1.81 bits per heavy atom. The van der Waals surface area contributed by atoms with Gasteiger partial charge in [0.15, 0.2) is 16.4 Å². The smallest absolute Gasteiger partial charge is 0.340 e. The molecule has 166 valence electrons. The summed E-state index contributed by atoms with van der Waals surface area (Å²) < 4.78 is 29.0. The Hall–Kier alpha value is -2.87. The van der Waals surface area contributed by atoms with E-state index in [1.54, 1.807) is 29.2 Å². The number of sulfone groups is 1. The minimum atomic E-state index is -3.12. The number of ether oxygens (including phenoxy) is 1. The zero-order chi connectivity index (χ0) is 22.3. The third-order valence-corrected chi connectivity index (χ3v) is 7.00. The number of esters is 1. The number of carbonyl (C=O) groups is 2. The second-order valence-electron chi connectivity index (χ2n) is 7.61. The standard InChI is InChI=1S/C23H28N2O5S/c1-2-3-14-25(19-13-15-31(28,29)17-19)22(26)16-30-23(27)20-11-7-8-12-21(20)24-18-9-5-4-6-10-18/h4-12,19,24H,2-3,13-17H2,1H3. The highest BCUT2D eigenvalue weighted by Gasteiger charge is 2.34. The lowest BCUT2D eigenvalue weighted by Gasteiger charge is -2.28. The SMILES string of the molecule is CCCCN(C(=O)COC(=O)c1ccccc1Nc1ccccc1)C1CCS(=O)(=O)C1. The molecule has 8 heteroatoms. The van der Waals surface area contributed by atoms with Gasteiger partial charge in [-0.25, -0.2) is 13.2 Å². The van der Waals surface area contributed by atoms with Gasteiger partial charge >= 0.3 is 5.97 Å². The van der Waals surface area contributed by atoms with Crippen molar-refractivity contribution in [2.45, 2.75) is 32.2 Å². The molecule has 1 unspecified atom stereocenters. The lowest BCUT2D eigenvalue weighted by Crippen LogP contribution is -2.43. The number of para-hydroxylation sites is 2. The number of hydrogen-bond acceptors (Lipinski definition) is 6. The van der Waals surface area contributed by atoms with E-state index in [1.165, 1.54) is 0 Å². The van der Waals surface area contributed by atoms with Crippen LogP contribution in [0.2, 0.25) is 0 Å². The summed E-state index contributed by atoms with van der Waals surface area (Å²) in [6, 6.07) is 16.0. The van der Waals surface area contributed by atoms with Gasteiger partial charge in [0.25, 0.3) is 5.91 Å². The molecular weight excluding hydrogens is 416 g/mol. The van der Waals surface area contributed by atoms with Gasteiger partial charge in [0.2, 0.25) is 0 Å². The van der Waals surface area contributed by atoms with Gasteiger partial charge in [0, 0.05) is 18.3 Å². The highest BCUT2D eigenvalue weighted by molar-refractivity contribution is 7.91. The maximum absolute atomic E-state index is 12.8. The summed E-state index contributed by atoms with van der Waals surface area (Å²) in [5.41, 5.74) is 1.73. The molecule has 7 nitrogen and oxygen atoms in total. The third kappa shape index (κ3) is 6.30. The average Bonchev–Trinajstić information content (AvgIpc) is 3.12. The van der Waals surface area contributed by atoms with Crippen LogP contribution in [-0.4, -0.2) is 55.9 Å². The van der Waals surface area contributed by atoms with Gasteiger partial charge in [0.05, 0.1) is 22.8 Å². The van der Waals surface area contributed by atoms with Crippen molar-refractivity contribution in [2.75, 3.05) is 30.0 Å². The molecule has 1 saturated heterocycles. The van der Waals surface area contributed by atoms with Crippen LogP contribution in [0.4, 0.5) is 11.4 Å². The van der Waals surface area contributed by atoms with Crippen molar-refractivity contribution >= 4 is 33.1 Å². The fraction of sp³-hybridized carbons (Fsp3) is 0.391. The Morgan fingerprint density at radius 1 is 1.10 bits per heavy atom. The number of hydrogen-bond donors (Lipinski definition) is 1. The Kier molecular flexibility index (Phi) is 7.68. The third-order valence-electron chi connectivity index (χ3n) is 5.25. The highest BCUT2D eigenvalue weighted by atomic mass is 32.2. The van der Waals surface area contributed by atoms with Gasteiger partial charge in [0.1, 0.15) is 0 Å². The molecule has 0 radical (unpaired) electrons. The first-order valence-electron chi connectivity index (χ1n) is 10.5. The van der Waals surface area contributed by atoms with Crippen molar-refractivity contribution in [3.63, 3.8) is 0 Å². The number of benzene rings is 2. The normalized spacial score (nSPS) is 17.1. The molecule has 0 bridgehead atoms. The molecule has 2 aromatic rings. The minimum absolute atomic E-state index is 0.0275. The Bertz CT molecular complexity index is 1010. The lowest BCUT2D eigenvalue weighted by molar-refractivity contribution is -0.136. The van der Waals surface area contributed by atoms with E-state index < -0.39 is 22.4 Å². The molecule has 1 aliphatic rings. The van der Waals surface area contributed by atoms with Crippen LogP contribution >= 0.6 is 0 Å². The fourth-order valence-corrected chi connectivity index (χ4v) is 5.33. The number of unbranched alkanes of at least 4 members (excludes halogenated alkanes) is 1. The van der Waals surface area contributed by atoms with E-state index in [4.69, 9.17) is 4.74 Å². The molecule has 0 aliphatic carbocycles. The minimum Gasteiger partial charge on any atom is -0.452 e. The molecule has 0 spiro atoms. The van der Waals surface area contributed by atoms with Crippen LogP contribution in [0.15, 0.2) is 54.6 Å². The largest absolute Gasteiger partial charge is 0.452 e. The molecule has 1 amide bonds. The molecule has 1 fully saturated rings. The zero-order valence-electron chi connectivity index (χ0n) is 17.6. The second kappa shape index (κ2) is 10.4. The van der Waals surface area contributed by atoms with Crippen LogP contribution in [0.1, 0.15) is 36.5 Å². The van der Waals surface area contributed by atoms with E-state index in [9.17, 15) is 18.0 Å². The first-order chi connectivity index (χ1) is 14.9. The highest BCUT2D eigenvalue weighted by Crippen LogP contribution is 2.22. The molecule has 0 aromatic heterocycles. The molecule has 2 aromatic carbocycles. The van der Waals surface area contributed by atoms with Crippen molar-refractivity contribution in [1.82, 2.24) is 4.90 Å². The van der Waals surface area contributed by atoms with Crippen molar-refractivity contribution in [2.24, 2.45) is 0 Å². The molecule has 3 rings (SSSR count). The Labute approximate surface area is 183 Å². The van der Waals surface area contributed by atoms with E-state index in [2.05, 4.69) is 5.32 Å². The number of anilines is 2. The summed E-state index contributed by atoms with van der Waals surface area (Å²) in [7, 11) is -3.12. The van der Waals surface area contributed by atoms with Gasteiger partial charge in [-0.3, -0.25) is 4.79 Å². The van der Waals surface area contributed by atoms with Gasteiger partial charge in [-0.15, -0.1) is 0 Å². The quantitative estimate of drug-likeness (QED) is 0.596. The van der Waals surface area contributed by atoms with E-state index >= 15 is 0 Å². The van der Waals surface area contributed by atoms with Gasteiger partial charge in [-0.1, -0.05) is 43.7 Å². The summed E-state index contributed by atoms with van der Waals surface area (Å²) in [6.45, 7) is 2.04. The first kappa shape index (κ1) is 22.8. The maximum atomic E-state index is 12.8. The van der Waals surface area contributed by atoms with Crippen molar-refractivity contribution in [3.05, 3.63) is 60.2 Å². The predicted octanol–water partition coefficient (Wildman–Crippen LogP) is 3.40. The summed E-state index contributed by atoms with van der Waals surface area (Å²) in [6.07, 6.45) is 2.07. The molecular formula is C23H28N2O5S. The van der Waals surface area contributed by atoms with Crippen LogP contribution in [0, 0.1) is 0 Å². The second-order valence-corrected chi connectivity index (χ2v) is 9.84. The number of rotatable bonds is 9. The van der Waals surface area contributed by atoms with E-state index in [0.717, 1.165) is 18.5 Å². The van der Waals surface area contributed by atoms with Crippen molar-refractivity contribution in [3.8, 4) is 0 Å². The summed E-state index contributed by atoms with van der Waals surface area (Å²) in [5.74, 6) is -0.911. The van der Waals surface area contributed by atoms with Crippen LogP contribution in [0.25, 0.3) is 0 Å². The van der Waals surface area contributed by atoms with Crippen LogP contribution in [-0.2, 0) is 19.4 Å². The fourth-order valence-electron chi connectivity index (χ4n) is 3.60. The average molecular weight is 445 g/mol. The Balaban J connectivity index is 1.65. The monoisotopic (exact) mass is 444 g/mol. The van der Waals surface area contributed by atoms with E-state index in [1.807, 2.05) is 37.3 Å². The molecule has 1 aliphatic heterocycles. The van der Waals surface area contributed by atoms with Gasteiger partial charge < -0.3 is 15.0 Å². The van der Waals surface area contributed by atoms with Crippen molar-refractivity contribution in [1.29, 1.82) is 0 Å². The number of nitrogens with zero attached hydrogens (tertiary/aromatic N) is 1. The molecule has 1 heterocycles. The molecule has 31 heavy (non-hydrogen) atoms. The summed E-state index contributed by atoms with van der Waals surface area (Å²) in [4.78, 5) is 27.1. The Morgan fingerprint density at radius 3 is 2.48 bits per heavy atom. The lowest BCUT2D eigenvalue weighted by atomic mass is 10.1. The number of carbonyl (C=O) groups excluding carboxylic acids is 2. The van der Waals surface area contributed by atoms with Crippen LogP contribution in [0.5, 0.6) is 0 Å². The van der Waals surface area contributed by atoms with E-state index in [0.29, 0.717) is 24.2 Å². The van der Waals surface area contributed by atoms with E-state index in [-0.39, 0.29) is 23.5 Å². The first-order valence-corrected chi connectivity index (χ1v) is 12.3. The van der Waals surface area contributed by atoms with Crippen LogP contribution in [0.3, 0.4) is 0 Å². The van der Waals surface area contributed by atoms with Gasteiger partial charge in [-0.2, -0.15) is 0 Å². The number of nitrogens with one attached hydrogen (secondary N) is 1. The number of amides is 1. The summed E-state index contributed by atoms with van der Waals surface area (Å²) >= 11 is 0. The van der Waals surface area contributed by atoms with Crippen LogP contribution < -0.4 is 5.32 Å². The van der Waals surface area contributed by atoms with Gasteiger partial charge in [-0.05, 0) is 37.1 Å². The molecule has 0 saturated carbocycles. The molecule has 1 atom stereocenters. The maximum Gasteiger partial charge on any atom is 0.340 e. The molecule has 1 N–H and O–H groups in total. The zero-order valence-corrected chi connectivity index (χ0v) is 18.4. The van der Waals surface area contributed by atoms with Crippen molar-refractivity contribution < 1.29 is 22.7 Å².